The SMILES string of the molecule is Cc1cccc(SCC(=O)C2CCOC3(CCCC3)C2)c1. The second-order valence-corrected chi connectivity index (χ2v) is 7.55. The molecule has 3 heteroatoms. The highest BCUT2D eigenvalue weighted by atomic mass is 32.2. The normalized spacial score (nSPS) is 24.3. The van der Waals surface area contributed by atoms with Crippen LogP contribution in [0.2, 0.25) is 0 Å². The Hall–Kier alpha value is -0.800. The smallest absolute Gasteiger partial charge is 0.146 e. The molecule has 1 aliphatic heterocycles. The molecule has 1 saturated heterocycles. The summed E-state index contributed by atoms with van der Waals surface area (Å²) in [7, 11) is 0. The summed E-state index contributed by atoms with van der Waals surface area (Å²) in [6.07, 6.45) is 6.71. The largest absolute Gasteiger partial charge is 0.375 e. The molecule has 0 N–H and O–H groups in total. The second kappa shape index (κ2) is 6.53. The average Bonchev–Trinajstić information content (AvgIpc) is 2.93. The van der Waals surface area contributed by atoms with Crippen LogP contribution in [0.5, 0.6) is 0 Å². The van der Waals surface area contributed by atoms with Crippen LogP contribution in [-0.2, 0) is 9.53 Å². The summed E-state index contributed by atoms with van der Waals surface area (Å²) in [5.74, 6) is 1.23. The highest BCUT2D eigenvalue weighted by molar-refractivity contribution is 8.00. The Labute approximate surface area is 131 Å². The Morgan fingerprint density at radius 1 is 1.38 bits per heavy atom. The predicted molar refractivity (Wildman–Crippen MR) is 86.8 cm³/mol. The van der Waals surface area contributed by atoms with Crippen molar-refractivity contribution in [2.75, 3.05) is 12.4 Å². The van der Waals surface area contributed by atoms with Crippen LogP contribution in [0.15, 0.2) is 29.2 Å². The number of carbonyl (C=O) groups excluding carboxylic acids is 1. The van der Waals surface area contributed by atoms with Crippen LogP contribution in [0.1, 0.15) is 44.1 Å². The molecule has 1 saturated carbocycles. The first-order valence-electron chi connectivity index (χ1n) is 8.03. The first-order chi connectivity index (χ1) is 10.2. The van der Waals surface area contributed by atoms with Gasteiger partial charge >= 0.3 is 0 Å². The van der Waals surface area contributed by atoms with Gasteiger partial charge in [0, 0.05) is 17.4 Å². The van der Waals surface area contributed by atoms with E-state index in [9.17, 15) is 4.79 Å². The van der Waals surface area contributed by atoms with Gasteiger partial charge in [0.05, 0.1) is 11.4 Å². The fourth-order valence-electron chi connectivity index (χ4n) is 3.65. The van der Waals surface area contributed by atoms with Crippen molar-refractivity contribution in [1.82, 2.24) is 0 Å². The molecule has 3 rings (SSSR count). The summed E-state index contributed by atoms with van der Waals surface area (Å²) < 4.78 is 6.03. The van der Waals surface area contributed by atoms with Crippen LogP contribution in [0, 0.1) is 12.8 Å². The van der Waals surface area contributed by atoms with Crippen molar-refractivity contribution >= 4 is 17.5 Å². The molecule has 1 heterocycles. The third kappa shape index (κ3) is 3.70. The van der Waals surface area contributed by atoms with Crippen molar-refractivity contribution in [1.29, 1.82) is 0 Å². The van der Waals surface area contributed by atoms with Gasteiger partial charge in [-0.15, -0.1) is 11.8 Å². The van der Waals surface area contributed by atoms with E-state index in [1.807, 2.05) is 0 Å². The van der Waals surface area contributed by atoms with Gasteiger partial charge in [-0.25, -0.2) is 0 Å². The van der Waals surface area contributed by atoms with Crippen molar-refractivity contribution < 1.29 is 9.53 Å². The van der Waals surface area contributed by atoms with Crippen LogP contribution in [0.4, 0.5) is 0 Å². The van der Waals surface area contributed by atoms with E-state index >= 15 is 0 Å². The second-order valence-electron chi connectivity index (χ2n) is 6.50. The topological polar surface area (TPSA) is 26.3 Å². The lowest BCUT2D eigenvalue weighted by atomic mass is 9.83. The Balaban J connectivity index is 1.55. The molecule has 1 atom stereocenters. The molecular weight excluding hydrogens is 280 g/mol. The van der Waals surface area contributed by atoms with E-state index in [-0.39, 0.29) is 11.5 Å². The Kier molecular flexibility index (Phi) is 4.70. The molecule has 1 aliphatic carbocycles. The molecule has 0 amide bonds. The fraction of sp³-hybridized carbons (Fsp3) is 0.611. The molecule has 0 aromatic heterocycles. The quantitative estimate of drug-likeness (QED) is 0.771. The minimum atomic E-state index is 0.0482. The van der Waals surface area contributed by atoms with Crippen LogP contribution < -0.4 is 0 Å². The average molecular weight is 304 g/mol. The molecular formula is C18H24O2S. The van der Waals surface area contributed by atoms with Gasteiger partial charge in [-0.05, 0) is 44.7 Å². The Morgan fingerprint density at radius 2 is 2.19 bits per heavy atom. The van der Waals surface area contributed by atoms with E-state index in [0.29, 0.717) is 11.5 Å². The molecule has 1 spiro atoms. The molecule has 21 heavy (non-hydrogen) atoms. The molecule has 2 aliphatic rings. The van der Waals surface area contributed by atoms with E-state index in [1.165, 1.54) is 23.3 Å². The third-order valence-corrected chi connectivity index (χ3v) is 5.85. The molecule has 1 aromatic rings. The lowest BCUT2D eigenvalue weighted by Gasteiger charge is -2.37. The number of hydrogen-bond acceptors (Lipinski definition) is 3. The minimum absolute atomic E-state index is 0.0482. The zero-order valence-electron chi connectivity index (χ0n) is 12.8. The zero-order valence-corrected chi connectivity index (χ0v) is 13.6. The number of ether oxygens (including phenoxy) is 1. The maximum absolute atomic E-state index is 12.5. The Bertz CT molecular complexity index is 506. The van der Waals surface area contributed by atoms with Crippen molar-refractivity contribution in [3.8, 4) is 0 Å². The number of Topliss-reactive ketones (excluding diaryl/α,β-unsaturated/α-hetero) is 1. The monoisotopic (exact) mass is 304 g/mol. The molecule has 2 fully saturated rings. The summed E-state index contributed by atoms with van der Waals surface area (Å²) in [4.78, 5) is 13.7. The highest BCUT2D eigenvalue weighted by Crippen LogP contribution is 2.42. The number of rotatable bonds is 4. The van der Waals surface area contributed by atoms with Crippen LogP contribution in [-0.4, -0.2) is 23.7 Å². The van der Waals surface area contributed by atoms with Crippen molar-refractivity contribution in [3.05, 3.63) is 29.8 Å². The fourth-order valence-corrected chi connectivity index (χ4v) is 4.64. The molecule has 0 radical (unpaired) electrons. The molecule has 2 nitrogen and oxygen atoms in total. The summed E-state index contributed by atoms with van der Waals surface area (Å²) in [6.45, 7) is 2.86. The molecule has 1 aromatic carbocycles. The van der Waals surface area contributed by atoms with Crippen LogP contribution in [0.25, 0.3) is 0 Å². The van der Waals surface area contributed by atoms with E-state index in [0.717, 1.165) is 32.3 Å². The summed E-state index contributed by atoms with van der Waals surface area (Å²) in [6, 6.07) is 8.39. The summed E-state index contributed by atoms with van der Waals surface area (Å²) in [5.41, 5.74) is 1.30. The number of thioether (sulfide) groups is 1. The van der Waals surface area contributed by atoms with Crippen molar-refractivity contribution in [2.24, 2.45) is 5.92 Å². The van der Waals surface area contributed by atoms with Crippen molar-refractivity contribution in [2.45, 2.75) is 55.9 Å². The molecule has 0 bridgehead atoms. The van der Waals surface area contributed by atoms with Gasteiger partial charge < -0.3 is 4.74 Å². The number of ketones is 1. The molecule has 1 unspecified atom stereocenters. The number of hydrogen-bond donors (Lipinski definition) is 0. The van der Waals surface area contributed by atoms with E-state index in [4.69, 9.17) is 4.74 Å². The first-order valence-corrected chi connectivity index (χ1v) is 9.02. The predicted octanol–water partition coefficient (Wildman–Crippen LogP) is 4.40. The summed E-state index contributed by atoms with van der Waals surface area (Å²) in [5, 5.41) is 0. The van der Waals surface area contributed by atoms with Gasteiger partial charge in [0.1, 0.15) is 5.78 Å². The van der Waals surface area contributed by atoms with E-state index in [2.05, 4.69) is 31.2 Å². The van der Waals surface area contributed by atoms with Gasteiger partial charge in [0.25, 0.3) is 0 Å². The van der Waals surface area contributed by atoms with E-state index in [1.54, 1.807) is 11.8 Å². The number of carbonyl (C=O) groups is 1. The number of benzene rings is 1. The lowest BCUT2D eigenvalue weighted by molar-refractivity contribution is -0.134. The van der Waals surface area contributed by atoms with Gasteiger partial charge in [0.15, 0.2) is 0 Å². The van der Waals surface area contributed by atoms with Gasteiger partial charge in [-0.3, -0.25) is 4.79 Å². The van der Waals surface area contributed by atoms with Gasteiger partial charge in [-0.1, -0.05) is 30.5 Å². The Morgan fingerprint density at radius 3 is 2.95 bits per heavy atom. The van der Waals surface area contributed by atoms with Crippen molar-refractivity contribution in [3.63, 3.8) is 0 Å². The van der Waals surface area contributed by atoms with Gasteiger partial charge in [0.2, 0.25) is 0 Å². The maximum atomic E-state index is 12.5. The minimum Gasteiger partial charge on any atom is -0.375 e. The number of aryl methyl sites for hydroxylation is 1. The van der Waals surface area contributed by atoms with Crippen LogP contribution in [0.3, 0.4) is 0 Å². The molecule has 114 valence electrons. The lowest BCUT2D eigenvalue weighted by Crippen LogP contribution is -2.40. The highest BCUT2D eigenvalue weighted by Gasteiger charge is 2.41. The van der Waals surface area contributed by atoms with E-state index < -0.39 is 0 Å². The standard InChI is InChI=1S/C18H24O2S/c1-14-5-4-6-16(11-14)21-13-17(19)15-7-10-20-18(12-15)8-2-3-9-18/h4-6,11,15H,2-3,7-10,12-13H2,1H3. The summed E-state index contributed by atoms with van der Waals surface area (Å²) >= 11 is 1.68. The zero-order chi connectivity index (χ0) is 14.7. The maximum Gasteiger partial charge on any atom is 0.146 e. The van der Waals surface area contributed by atoms with Gasteiger partial charge in [-0.2, -0.15) is 0 Å². The first kappa shape index (κ1) is 15.1. The van der Waals surface area contributed by atoms with Crippen LogP contribution >= 0.6 is 11.8 Å². The third-order valence-electron chi connectivity index (χ3n) is 4.83.